The van der Waals surface area contributed by atoms with Gasteiger partial charge in [0.15, 0.2) is 0 Å². The highest BCUT2D eigenvalue weighted by atomic mass is 14.1. The molecule has 0 bridgehead atoms. The molecule has 0 saturated carbocycles. The van der Waals surface area contributed by atoms with Gasteiger partial charge in [0, 0.05) is 0 Å². The molecule has 0 radical (unpaired) electrons. The van der Waals surface area contributed by atoms with E-state index in [1.165, 1.54) is 25.7 Å². The minimum atomic E-state index is 1.05. The third-order valence-corrected chi connectivity index (χ3v) is 2.39. The van der Waals surface area contributed by atoms with E-state index in [1.807, 2.05) is 12.2 Å². The Balaban J connectivity index is 4.60. The fourth-order valence-electron chi connectivity index (χ4n) is 1.80. The molecule has 0 heterocycles. The Hall–Kier alpha value is -0.780. The molecule has 0 aliphatic carbocycles. The molecule has 0 aromatic rings. The van der Waals surface area contributed by atoms with Crippen LogP contribution in [0.5, 0.6) is 0 Å². The molecule has 0 aromatic carbocycles. The van der Waals surface area contributed by atoms with Gasteiger partial charge in [0.2, 0.25) is 0 Å². The van der Waals surface area contributed by atoms with E-state index in [0.29, 0.717) is 0 Å². The maximum atomic E-state index is 3.83. The first-order valence-corrected chi connectivity index (χ1v) is 5.71. The normalized spacial score (nSPS) is 12.1. The molecular weight excluding hydrogens is 168 g/mol. The summed E-state index contributed by atoms with van der Waals surface area (Å²) in [7, 11) is 0. The first-order valence-electron chi connectivity index (χ1n) is 5.71. The Morgan fingerprint density at radius 1 is 0.857 bits per heavy atom. The van der Waals surface area contributed by atoms with Crippen LogP contribution >= 0.6 is 0 Å². The van der Waals surface area contributed by atoms with Gasteiger partial charge >= 0.3 is 0 Å². The Bertz CT molecular complexity index is 174. The molecule has 0 unspecified atom stereocenters. The zero-order valence-corrected chi connectivity index (χ0v) is 9.81. The molecule has 0 spiro atoms. The first-order chi connectivity index (χ1) is 6.79. The molecule has 80 valence electrons. The summed E-state index contributed by atoms with van der Waals surface area (Å²) in [5.74, 6) is 0. The van der Waals surface area contributed by atoms with Crippen LogP contribution in [0.2, 0.25) is 0 Å². The Labute approximate surface area is 89.4 Å². The Morgan fingerprint density at radius 2 is 1.21 bits per heavy atom. The minimum Gasteiger partial charge on any atom is -0.103 e. The van der Waals surface area contributed by atoms with Crippen LogP contribution in [0.4, 0.5) is 0 Å². The lowest BCUT2D eigenvalue weighted by molar-refractivity contribution is 0.801. The second-order valence-electron chi connectivity index (χ2n) is 3.69. The summed E-state index contributed by atoms with van der Waals surface area (Å²) in [4.78, 5) is 0. The number of hydrogen-bond acceptors (Lipinski definition) is 0. The highest BCUT2D eigenvalue weighted by Crippen LogP contribution is 2.22. The summed E-state index contributed by atoms with van der Waals surface area (Å²) < 4.78 is 0. The summed E-state index contributed by atoms with van der Waals surface area (Å²) >= 11 is 0. The molecule has 0 fully saturated rings. The molecule has 0 aliphatic heterocycles. The van der Waals surface area contributed by atoms with Crippen LogP contribution in [-0.4, -0.2) is 0 Å². The van der Waals surface area contributed by atoms with E-state index in [2.05, 4.69) is 27.0 Å². The van der Waals surface area contributed by atoms with E-state index in [1.54, 1.807) is 11.1 Å². The molecule has 0 aliphatic rings. The molecule has 0 amide bonds. The number of hydrogen-bond donors (Lipinski definition) is 0. The maximum Gasteiger partial charge on any atom is -0.0139 e. The fraction of sp³-hybridized carbons (Fsp3) is 0.571. The van der Waals surface area contributed by atoms with Crippen molar-refractivity contribution < 1.29 is 0 Å². The largest absolute Gasteiger partial charge is 0.103 e. The van der Waals surface area contributed by atoms with Crippen molar-refractivity contribution in [2.45, 2.75) is 52.4 Å². The maximum absolute atomic E-state index is 3.83. The zero-order chi connectivity index (χ0) is 10.8. The topological polar surface area (TPSA) is 0 Å². The van der Waals surface area contributed by atoms with Crippen LogP contribution in [-0.2, 0) is 0 Å². The van der Waals surface area contributed by atoms with E-state index in [-0.39, 0.29) is 0 Å². The summed E-state index contributed by atoms with van der Waals surface area (Å²) in [6, 6.07) is 0. The zero-order valence-electron chi connectivity index (χ0n) is 9.81. The summed E-state index contributed by atoms with van der Waals surface area (Å²) in [6.07, 6.45) is 11.0. The van der Waals surface area contributed by atoms with Gasteiger partial charge in [0.1, 0.15) is 0 Å². The van der Waals surface area contributed by atoms with Crippen molar-refractivity contribution >= 4 is 0 Å². The van der Waals surface area contributed by atoms with E-state index in [0.717, 1.165) is 12.8 Å². The molecule has 0 aromatic heterocycles. The SMILES string of the molecule is C=CC/C(CCC)=C(\CC=C)CCC. The average molecular weight is 192 g/mol. The van der Waals surface area contributed by atoms with Crippen LogP contribution in [0.25, 0.3) is 0 Å². The second-order valence-corrected chi connectivity index (χ2v) is 3.69. The average Bonchev–Trinajstić information content (AvgIpc) is 2.17. The van der Waals surface area contributed by atoms with Gasteiger partial charge in [-0.05, 0) is 25.7 Å². The molecule has 0 nitrogen and oxygen atoms in total. The van der Waals surface area contributed by atoms with Crippen molar-refractivity contribution in [1.29, 1.82) is 0 Å². The van der Waals surface area contributed by atoms with Crippen molar-refractivity contribution in [2.75, 3.05) is 0 Å². The summed E-state index contributed by atoms with van der Waals surface area (Å²) in [6.45, 7) is 12.1. The van der Waals surface area contributed by atoms with Crippen LogP contribution in [0, 0.1) is 0 Å². The van der Waals surface area contributed by atoms with Crippen molar-refractivity contribution in [3.63, 3.8) is 0 Å². The van der Waals surface area contributed by atoms with Crippen molar-refractivity contribution in [3.8, 4) is 0 Å². The second kappa shape index (κ2) is 8.80. The van der Waals surface area contributed by atoms with Gasteiger partial charge in [-0.3, -0.25) is 0 Å². The Kier molecular flexibility index (Phi) is 8.31. The number of rotatable bonds is 8. The highest BCUT2D eigenvalue weighted by Gasteiger charge is 2.02. The van der Waals surface area contributed by atoms with E-state index >= 15 is 0 Å². The van der Waals surface area contributed by atoms with Gasteiger partial charge in [0.25, 0.3) is 0 Å². The smallest absolute Gasteiger partial charge is 0.0139 e. The van der Waals surface area contributed by atoms with Gasteiger partial charge in [-0.2, -0.15) is 0 Å². The lowest BCUT2D eigenvalue weighted by atomic mass is 9.95. The third kappa shape index (κ3) is 5.06. The van der Waals surface area contributed by atoms with E-state index < -0.39 is 0 Å². The predicted molar refractivity (Wildman–Crippen MR) is 66.5 cm³/mol. The van der Waals surface area contributed by atoms with Crippen molar-refractivity contribution in [3.05, 3.63) is 36.5 Å². The van der Waals surface area contributed by atoms with Gasteiger partial charge in [-0.1, -0.05) is 50.0 Å². The molecule has 0 heteroatoms. The lowest BCUT2D eigenvalue weighted by Gasteiger charge is -2.11. The minimum absolute atomic E-state index is 1.05. The van der Waals surface area contributed by atoms with Gasteiger partial charge in [0.05, 0.1) is 0 Å². The summed E-state index contributed by atoms with van der Waals surface area (Å²) in [5, 5.41) is 0. The highest BCUT2D eigenvalue weighted by molar-refractivity contribution is 5.19. The van der Waals surface area contributed by atoms with Crippen LogP contribution in [0.1, 0.15) is 52.4 Å². The van der Waals surface area contributed by atoms with E-state index in [4.69, 9.17) is 0 Å². The van der Waals surface area contributed by atoms with Crippen LogP contribution in [0.3, 0.4) is 0 Å². The molecule has 0 N–H and O–H groups in total. The van der Waals surface area contributed by atoms with Crippen LogP contribution < -0.4 is 0 Å². The van der Waals surface area contributed by atoms with Crippen molar-refractivity contribution in [2.24, 2.45) is 0 Å². The monoisotopic (exact) mass is 192 g/mol. The predicted octanol–water partition coefficient (Wildman–Crippen LogP) is 5.04. The van der Waals surface area contributed by atoms with Crippen LogP contribution in [0.15, 0.2) is 36.5 Å². The fourth-order valence-corrected chi connectivity index (χ4v) is 1.80. The molecular formula is C14H24. The number of allylic oxidation sites excluding steroid dienone is 4. The Morgan fingerprint density at radius 3 is 1.43 bits per heavy atom. The summed E-state index contributed by atoms with van der Waals surface area (Å²) in [5.41, 5.74) is 3.17. The molecule has 0 rings (SSSR count). The quantitative estimate of drug-likeness (QED) is 0.473. The van der Waals surface area contributed by atoms with Gasteiger partial charge < -0.3 is 0 Å². The molecule has 14 heavy (non-hydrogen) atoms. The molecule has 0 atom stereocenters. The van der Waals surface area contributed by atoms with E-state index in [9.17, 15) is 0 Å². The standard InChI is InChI=1S/C14H24/c1-5-9-13(10-6-2)14(11-7-3)12-8-4/h5,7H,1,3,6,8-12H2,2,4H3/b14-13-. The first kappa shape index (κ1) is 13.2. The van der Waals surface area contributed by atoms with Gasteiger partial charge in [-0.15, -0.1) is 13.2 Å². The lowest BCUT2D eigenvalue weighted by Crippen LogP contribution is -1.91. The third-order valence-electron chi connectivity index (χ3n) is 2.39. The van der Waals surface area contributed by atoms with Crippen molar-refractivity contribution in [1.82, 2.24) is 0 Å². The van der Waals surface area contributed by atoms with Gasteiger partial charge in [-0.25, -0.2) is 0 Å². The molecule has 0 saturated heterocycles.